The molecule has 0 aliphatic heterocycles. The zero-order valence-electron chi connectivity index (χ0n) is 20.3. The van der Waals surface area contributed by atoms with Gasteiger partial charge in [0.25, 0.3) is 0 Å². The molecule has 4 rings (SSSR count). The van der Waals surface area contributed by atoms with Gasteiger partial charge in [0.2, 0.25) is 0 Å². The van der Waals surface area contributed by atoms with Gasteiger partial charge in [-0.1, -0.05) is 0 Å². The Hall–Kier alpha value is -2.07. The number of hydrogen-bond acceptors (Lipinski definition) is 2. The molecule has 0 aliphatic rings. The van der Waals surface area contributed by atoms with Crippen molar-refractivity contribution in [2.45, 2.75) is 44.4 Å². The van der Waals surface area contributed by atoms with Gasteiger partial charge in [0.05, 0.1) is 0 Å². The van der Waals surface area contributed by atoms with Crippen LogP contribution in [0.3, 0.4) is 0 Å². The van der Waals surface area contributed by atoms with E-state index in [4.69, 9.17) is 13.5 Å². The molecule has 0 unspecified atom stereocenters. The molecule has 3 heteroatoms. The molecule has 0 amide bonds. The van der Waals surface area contributed by atoms with E-state index in [1.807, 2.05) is 30.3 Å². The first kappa shape index (κ1) is 15.8. The zero-order valence-corrected chi connectivity index (χ0v) is 19.4. The van der Waals surface area contributed by atoms with Gasteiger partial charge in [-0.15, -0.1) is 0 Å². The van der Waals surface area contributed by atoms with Crippen LogP contribution < -0.4 is 4.40 Å². The van der Waals surface area contributed by atoms with Crippen molar-refractivity contribution < 1.29 is 8.53 Å². The molecule has 2 aromatic heterocycles. The van der Waals surface area contributed by atoms with Gasteiger partial charge in [-0.3, -0.25) is 0 Å². The summed E-state index contributed by atoms with van der Waals surface area (Å²) in [4.78, 5) is 4.84. The number of aryl methyl sites for hydroxylation is 1. The molecule has 0 radical (unpaired) electrons. The number of aromatic nitrogens is 1. The van der Waals surface area contributed by atoms with E-state index in [9.17, 15) is 0 Å². The minimum atomic E-state index is -2.22. The third kappa shape index (κ3) is 3.39. The number of pyridine rings is 1. The number of benzene rings is 2. The van der Waals surface area contributed by atoms with Crippen molar-refractivity contribution in [3.63, 3.8) is 0 Å². The Bertz CT molecular complexity index is 1270. The molecule has 144 valence electrons. The van der Waals surface area contributed by atoms with Crippen LogP contribution in [0.25, 0.3) is 33.2 Å². The molecular weight excluding hydrogens is 403 g/mol. The third-order valence-corrected chi connectivity index (χ3v) is 9.56. The van der Waals surface area contributed by atoms with Crippen molar-refractivity contribution in [1.82, 2.24) is 4.98 Å². The molecule has 0 bridgehead atoms. The summed E-state index contributed by atoms with van der Waals surface area (Å²) in [7, 11) is 0. The van der Waals surface area contributed by atoms with E-state index >= 15 is 0 Å². The van der Waals surface area contributed by atoms with E-state index in [1.54, 1.807) is 6.07 Å². The van der Waals surface area contributed by atoms with Gasteiger partial charge in [0.1, 0.15) is 0 Å². The zero-order chi connectivity index (χ0) is 22.6. The molecule has 0 saturated heterocycles. The molecule has 2 nitrogen and oxygen atoms in total. The van der Waals surface area contributed by atoms with E-state index in [2.05, 4.69) is 43.4 Å². The first-order valence-electron chi connectivity index (χ1n) is 11.4. The number of rotatable bonds is 4. The second-order valence-electron chi connectivity index (χ2n) is 9.04. The van der Waals surface area contributed by atoms with Crippen LogP contribution >= 0.6 is 0 Å². The molecule has 4 aromatic rings. The number of hydrogen-bond donors (Lipinski definition) is 0. The van der Waals surface area contributed by atoms with Crippen LogP contribution in [0.15, 0.2) is 53.1 Å². The Morgan fingerprint density at radius 3 is 2.61 bits per heavy atom. The summed E-state index contributed by atoms with van der Waals surface area (Å²) in [6, 6.07) is 13.4. The van der Waals surface area contributed by atoms with Crippen LogP contribution in [0, 0.1) is 12.8 Å². The molecule has 0 spiro atoms. The molecule has 0 fully saturated rings. The van der Waals surface area contributed by atoms with E-state index < -0.39 is 20.1 Å². The van der Waals surface area contributed by atoms with Gasteiger partial charge in [0.15, 0.2) is 0 Å². The van der Waals surface area contributed by atoms with Gasteiger partial charge < -0.3 is 0 Å². The van der Waals surface area contributed by atoms with E-state index in [-0.39, 0.29) is 0 Å². The molecule has 0 N–H and O–H groups in total. The van der Waals surface area contributed by atoms with Crippen LogP contribution in [0.1, 0.15) is 29.1 Å². The summed E-state index contributed by atoms with van der Waals surface area (Å²) in [5.74, 6) is 7.72. The monoisotopic (exact) mass is 436 g/mol. The van der Waals surface area contributed by atoms with E-state index in [0.717, 1.165) is 23.1 Å². The van der Waals surface area contributed by atoms with Gasteiger partial charge in [-0.05, 0) is 0 Å². The molecule has 2 aromatic carbocycles. The minimum absolute atomic E-state index is 0.319. The van der Waals surface area contributed by atoms with Crippen LogP contribution in [0.4, 0.5) is 0 Å². The topological polar surface area (TPSA) is 26.0 Å². The van der Waals surface area contributed by atoms with Crippen LogP contribution in [-0.2, 0) is 6.42 Å². The Kier molecular flexibility index (Phi) is 3.99. The summed E-state index contributed by atoms with van der Waals surface area (Å²) < 4.78 is 31.7. The van der Waals surface area contributed by atoms with Crippen molar-refractivity contribution in [3.05, 3.63) is 59.8 Å². The van der Waals surface area contributed by atoms with Crippen molar-refractivity contribution >= 4 is 39.6 Å². The number of para-hydroxylation sites is 1. The predicted molar refractivity (Wildman–Crippen MR) is 123 cm³/mol. The molecule has 0 atom stereocenters. The number of furan rings is 1. The Balaban J connectivity index is 2.01. The Labute approximate surface area is 174 Å². The third-order valence-electron chi connectivity index (χ3n) is 5.23. The normalized spacial score (nSPS) is 14.4. The molecule has 28 heavy (non-hydrogen) atoms. The number of fused-ring (bicyclic) bond motifs is 3. The van der Waals surface area contributed by atoms with Crippen LogP contribution in [-0.4, -0.2) is 18.3 Å². The maximum atomic E-state index is 8.03. The Morgan fingerprint density at radius 2 is 1.89 bits per heavy atom. The van der Waals surface area contributed by atoms with Crippen LogP contribution in [0.2, 0.25) is 17.3 Å². The van der Waals surface area contributed by atoms with Crippen molar-refractivity contribution in [2.75, 3.05) is 0 Å². The van der Waals surface area contributed by atoms with Crippen molar-refractivity contribution in [1.29, 1.82) is 0 Å². The maximum absolute atomic E-state index is 8.03. The SMILES string of the molecule is [2H]C([2H])([2H])c1ccc(-c2cc(CC(C)C)[c]([Ge]([CH3])([CH3])[CH3])cn2)c2oc3ccccc3c12. The van der Waals surface area contributed by atoms with Crippen LogP contribution in [0.5, 0.6) is 0 Å². The first-order chi connectivity index (χ1) is 14.5. The predicted octanol–water partition coefficient (Wildman–Crippen LogP) is 6.70. The van der Waals surface area contributed by atoms with Gasteiger partial charge >= 0.3 is 174 Å². The fourth-order valence-electron chi connectivity index (χ4n) is 3.96. The van der Waals surface area contributed by atoms with Crippen molar-refractivity contribution in [2.24, 2.45) is 5.92 Å². The van der Waals surface area contributed by atoms with Crippen molar-refractivity contribution in [3.8, 4) is 11.3 Å². The standard InChI is InChI=1S/C25H29GeNO/c1-16(2)13-18-14-22(27-15-21(18)26(4,5)6)19-12-11-17(3)24-20-9-7-8-10-23(20)28-25(19)24/h7-12,14-16H,13H2,1-6H3/i3D3. The summed E-state index contributed by atoms with van der Waals surface area (Å²) in [6.07, 6.45) is 3.06. The summed E-state index contributed by atoms with van der Waals surface area (Å²) in [5.41, 5.74) is 4.66. The molecule has 2 heterocycles. The average Bonchev–Trinajstić information content (AvgIpc) is 3.04. The van der Waals surface area contributed by atoms with E-state index in [0.29, 0.717) is 28.0 Å². The fourth-order valence-corrected chi connectivity index (χ4v) is 7.29. The van der Waals surface area contributed by atoms with Gasteiger partial charge in [0, 0.05) is 0 Å². The molecule has 0 saturated carbocycles. The second-order valence-corrected chi connectivity index (χ2v) is 19.6. The van der Waals surface area contributed by atoms with Gasteiger partial charge in [-0.25, -0.2) is 0 Å². The summed E-state index contributed by atoms with van der Waals surface area (Å²) in [6.45, 7) is 2.26. The first-order valence-corrected chi connectivity index (χ1v) is 17.3. The quantitative estimate of drug-likeness (QED) is 0.334. The average molecular weight is 435 g/mol. The molecule has 0 aliphatic carbocycles. The fraction of sp³-hybridized carbons (Fsp3) is 0.320. The summed E-state index contributed by atoms with van der Waals surface area (Å²) >= 11 is -2.08. The van der Waals surface area contributed by atoms with Gasteiger partial charge in [-0.2, -0.15) is 0 Å². The Morgan fingerprint density at radius 1 is 1.11 bits per heavy atom. The van der Waals surface area contributed by atoms with E-state index in [1.165, 1.54) is 9.96 Å². The summed E-state index contributed by atoms with van der Waals surface area (Å²) in [5, 5.41) is 1.49. The molecular formula is C25H29GeNO. The second kappa shape index (κ2) is 7.07. The number of nitrogens with zero attached hydrogens (tertiary/aromatic N) is 1.